The third-order valence-corrected chi connectivity index (χ3v) is 5.25. The Balaban J connectivity index is 0.000000509. The quantitative estimate of drug-likeness (QED) is 0.237. The lowest BCUT2D eigenvalue weighted by Crippen LogP contribution is -2.09. The van der Waals surface area contributed by atoms with Crippen LogP contribution in [0.1, 0.15) is 31.8 Å². The van der Waals surface area contributed by atoms with Gasteiger partial charge in [0.1, 0.15) is 22.6 Å². The minimum Gasteiger partial charge on any atom is -0.507 e. The Hall–Kier alpha value is -5.12. The van der Waals surface area contributed by atoms with Crippen molar-refractivity contribution in [1.82, 2.24) is 0 Å². The number of hydrogen-bond donors (Lipinski definition) is 6. The van der Waals surface area contributed by atoms with Crippen molar-refractivity contribution >= 4 is 45.4 Å². The lowest BCUT2D eigenvalue weighted by Gasteiger charge is -2.16. The molecule has 0 fully saturated rings. The van der Waals surface area contributed by atoms with Crippen molar-refractivity contribution in [2.45, 2.75) is 6.42 Å². The highest BCUT2D eigenvalue weighted by Crippen LogP contribution is 2.38. The van der Waals surface area contributed by atoms with Crippen LogP contribution in [0.3, 0.4) is 0 Å². The van der Waals surface area contributed by atoms with Crippen molar-refractivity contribution in [1.29, 1.82) is 0 Å². The minimum atomic E-state index is -1.82. The molecule has 0 aliphatic carbocycles. The van der Waals surface area contributed by atoms with Crippen LogP contribution < -0.4 is 0 Å². The topological polar surface area (TPSA) is 190 Å². The molecule has 0 bridgehead atoms. The van der Waals surface area contributed by atoms with Gasteiger partial charge in [0, 0.05) is 17.5 Å². The first kappa shape index (κ1) is 24.5. The van der Waals surface area contributed by atoms with Crippen LogP contribution in [-0.4, -0.2) is 54.5 Å². The number of carbonyl (C=O) groups is 4. The monoisotopic (exact) mass is 478 g/mol. The number of fused-ring (bicyclic) bond motifs is 2. The van der Waals surface area contributed by atoms with Gasteiger partial charge in [0.15, 0.2) is 0 Å². The lowest BCUT2D eigenvalue weighted by atomic mass is 9.90. The molecule has 0 spiro atoms. The van der Waals surface area contributed by atoms with Gasteiger partial charge in [-0.2, -0.15) is 0 Å². The molecular weight excluding hydrogens is 460 g/mol. The van der Waals surface area contributed by atoms with E-state index >= 15 is 0 Å². The zero-order chi connectivity index (χ0) is 25.9. The van der Waals surface area contributed by atoms with E-state index in [2.05, 4.69) is 0 Å². The van der Waals surface area contributed by atoms with E-state index in [0.29, 0.717) is 32.7 Å². The molecule has 4 aromatic carbocycles. The molecule has 0 aliphatic heterocycles. The molecule has 35 heavy (non-hydrogen) atoms. The molecule has 0 aliphatic rings. The second-order valence-corrected chi connectivity index (χ2v) is 7.34. The van der Waals surface area contributed by atoms with Gasteiger partial charge in [0.05, 0.1) is 0 Å². The zero-order valence-corrected chi connectivity index (χ0v) is 17.8. The van der Waals surface area contributed by atoms with Crippen molar-refractivity contribution in [2.24, 2.45) is 0 Å². The molecule has 0 aromatic heterocycles. The van der Waals surface area contributed by atoms with Gasteiger partial charge >= 0.3 is 23.9 Å². The Bertz CT molecular complexity index is 1390. The second kappa shape index (κ2) is 9.79. The summed E-state index contributed by atoms with van der Waals surface area (Å²) in [6.07, 6.45) is -0.0407. The average molecular weight is 478 g/mol. The van der Waals surface area contributed by atoms with Gasteiger partial charge < -0.3 is 30.6 Å². The molecule has 0 saturated carbocycles. The predicted octanol–water partition coefficient (Wildman–Crippen LogP) is 3.55. The van der Waals surface area contributed by atoms with Crippen LogP contribution in [0.2, 0.25) is 0 Å². The van der Waals surface area contributed by atoms with E-state index in [0.717, 1.165) is 0 Å². The van der Waals surface area contributed by atoms with Crippen molar-refractivity contribution in [2.75, 3.05) is 0 Å². The molecule has 4 aromatic rings. The van der Waals surface area contributed by atoms with Crippen LogP contribution in [0, 0.1) is 0 Å². The van der Waals surface area contributed by atoms with Crippen LogP contribution in [0.15, 0.2) is 60.7 Å². The van der Waals surface area contributed by atoms with E-state index in [1.54, 1.807) is 48.5 Å². The summed E-state index contributed by atoms with van der Waals surface area (Å²) in [4.78, 5) is 41.4. The van der Waals surface area contributed by atoms with Gasteiger partial charge in [-0.25, -0.2) is 19.2 Å². The molecule has 0 amide bonds. The van der Waals surface area contributed by atoms with E-state index in [1.807, 2.05) is 0 Å². The molecule has 0 saturated heterocycles. The lowest BCUT2D eigenvalue weighted by molar-refractivity contribution is -0.159. The smallest absolute Gasteiger partial charge is 0.414 e. The number of aliphatic carboxylic acids is 2. The third kappa shape index (κ3) is 4.96. The largest absolute Gasteiger partial charge is 0.507 e. The molecule has 178 valence electrons. The van der Waals surface area contributed by atoms with Crippen LogP contribution in [0.5, 0.6) is 11.5 Å². The number of hydrogen-bond acceptors (Lipinski definition) is 6. The van der Waals surface area contributed by atoms with E-state index < -0.39 is 35.4 Å². The van der Waals surface area contributed by atoms with Crippen LogP contribution >= 0.6 is 0 Å². The summed E-state index contributed by atoms with van der Waals surface area (Å²) in [5.74, 6) is -7.00. The summed E-state index contributed by atoms with van der Waals surface area (Å²) in [5.41, 5.74) is 0.112. The highest BCUT2D eigenvalue weighted by Gasteiger charge is 2.22. The molecule has 10 heteroatoms. The zero-order valence-electron chi connectivity index (χ0n) is 17.8. The number of rotatable bonds is 4. The third-order valence-electron chi connectivity index (χ3n) is 5.25. The van der Waals surface area contributed by atoms with Gasteiger partial charge in [-0.05, 0) is 33.7 Å². The number of benzene rings is 4. The normalized spacial score (nSPS) is 10.4. The fourth-order valence-corrected chi connectivity index (χ4v) is 3.68. The van der Waals surface area contributed by atoms with Gasteiger partial charge in [-0.1, -0.05) is 48.5 Å². The maximum atomic E-state index is 11.6. The highest BCUT2D eigenvalue weighted by molar-refractivity contribution is 6.27. The Morgan fingerprint density at radius 2 is 0.914 bits per heavy atom. The second-order valence-electron chi connectivity index (χ2n) is 7.34. The number of aromatic hydroxyl groups is 2. The van der Waals surface area contributed by atoms with Crippen molar-refractivity contribution in [3.8, 4) is 11.5 Å². The SMILES string of the molecule is O=C(O)C(=O)O.O=C(O)c1cc2ccccc2c(Cc2c(O)c(C(=O)O)cc3ccccc23)c1O. The molecule has 4 rings (SSSR count). The maximum absolute atomic E-state index is 11.6. The summed E-state index contributed by atoms with van der Waals surface area (Å²) >= 11 is 0. The summed E-state index contributed by atoms with van der Waals surface area (Å²) in [6.45, 7) is 0. The summed E-state index contributed by atoms with van der Waals surface area (Å²) in [7, 11) is 0. The predicted molar refractivity (Wildman–Crippen MR) is 123 cm³/mol. The Kier molecular flexibility index (Phi) is 6.86. The number of carboxylic acid groups (broad SMARTS) is 4. The fraction of sp³-hybridized carbons (Fsp3) is 0.0400. The van der Waals surface area contributed by atoms with Gasteiger partial charge in [0.25, 0.3) is 0 Å². The van der Waals surface area contributed by atoms with Crippen LogP contribution in [0.4, 0.5) is 0 Å². The van der Waals surface area contributed by atoms with Crippen LogP contribution in [0.25, 0.3) is 21.5 Å². The number of aromatic carboxylic acids is 2. The van der Waals surface area contributed by atoms with Crippen molar-refractivity contribution < 1.29 is 49.8 Å². The minimum absolute atomic E-state index is 0.0407. The molecule has 10 nitrogen and oxygen atoms in total. The van der Waals surface area contributed by atoms with Gasteiger partial charge in [0.2, 0.25) is 0 Å². The van der Waals surface area contributed by atoms with Crippen molar-refractivity contribution in [3.63, 3.8) is 0 Å². The number of carboxylic acids is 4. The average Bonchev–Trinajstić information content (AvgIpc) is 2.81. The summed E-state index contributed by atoms with van der Waals surface area (Å²) < 4.78 is 0. The molecule has 0 unspecified atom stereocenters. The van der Waals surface area contributed by atoms with Gasteiger partial charge in [-0.15, -0.1) is 0 Å². The molecule has 0 radical (unpaired) electrons. The first-order valence-electron chi connectivity index (χ1n) is 9.92. The summed E-state index contributed by atoms with van der Waals surface area (Å²) in [5, 5.41) is 57.6. The fourth-order valence-electron chi connectivity index (χ4n) is 3.68. The Morgan fingerprint density at radius 1 is 0.571 bits per heavy atom. The van der Waals surface area contributed by atoms with E-state index in [4.69, 9.17) is 19.8 Å². The summed E-state index contributed by atoms with van der Waals surface area (Å²) in [6, 6.07) is 16.8. The number of phenols is 2. The highest BCUT2D eigenvalue weighted by atomic mass is 16.4. The molecule has 0 atom stereocenters. The molecule has 6 N–H and O–H groups in total. The Morgan fingerprint density at radius 3 is 1.23 bits per heavy atom. The van der Waals surface area contributed by atoms with Crippen LogP contribution in [-0.2, 0) is 16.0 Å². The van der Waals surface area contributed by atoms with E-state index in [9.17, 15) is 30.0 Å². The van der Waals surface area contributed by atoms with E-state index in [-0.39, 0.29) is 17.5 Å². The van der Waals surface area contributed by atoms with Gasteiger partial charge in [-0.3, -0.25) is 0 Å². The maximum Gasteiger partial charge on any atom is 0.414 e. The van der Waals surface area contributed by atoms with Crippen molar-refractivity contribution in [3.05, 3.63) is 82.9 Å². The standard InChI is InChI=1S/C23H16O6.C2H2O4/c24-20-16(14-7-3-1-5-12(14)9-18(20)22(26)27)11-17-15-8-4-2-6-13(15)10-19(21(17)25)23(28)29;3-1(4)2(5)6/h1-10,24-25H,11H2,(H,26,27)(H,28,29);(H,3,4)(H,5,6). The first-order chi connectivity index (χ1) is 16.5. The first-order valence-corrected chi connectivity index (χ1v) is 9.92. The molecular formula is C25H18O10. The van der Waals surface area contributed by atoms with E-state index in [1.165, 1.54) is 12.1 Å². The Labute approximate surface area is 196 Å². The molecule has 0 heterocycles.